The summed E-state index contributed by atoms with van der Waals surface area (Å²) in [6.07, 6.45) is 6.88. The van der Waals surface area contributed by atoms with E-state index in [1.807, 2.05) is 28.9 Å². The number of carbonyl (C=O) groups is 1. The SMILES string of the molecule is C[C@H]1C[C@@H](C(=O)N2CCCN(Cc3cn4cc(Cl)ccc4n3)CC2)CCN1.Cl. The predicted octanol–water partition coefficient (Wildman–Crippen LogP) is 2.83. The van der Waals surface area contributed by atoms with Crippen LogP contribution in [0.25, 0.3) is 5.65 Å². The molecule has 0 unspecified atom stereocenters. The molecule has 0 aliphatic carbocycles. The molecule has 0 radical (unpaired) electrons. The molecule has 0 spiro atoms. The van der Waals surface area contributed by atoms with Crippen molar-refractivity contribution >= 4 is 35.6 Å². The van der Waals surface area contributed by atoms with Gasteiger partial charge in [-0.25, -0.2) is 4.98 Å². The summed E-state index contributed by atoms with van der Waals surface area (Å²) >= 11 is 6.06. The molecule has 0 saturated carbocycles. The highest BCUT2D eigenvalue weighted by Gasteiger charge is 2.29. The molecule has 8 heteroatoms. The summed E-state index contributed by atoms with van der Waals surface area (Å²) in [5, 5.41) is 4.15. The molecular formula is C20H29Cl2N5O. The van der Waals surface area contributed by atoms with Crippen molar-refractivity contribution in [2.75, 3.05) is 32.7 Å². The van der Waals surface area contributed by atoms with Gasteiger partial charge >= 0.3 is 0 Å². The van der Waals surface area contributed by atoms with Crippen LogP contribution in [0.2, 0.25) is 5.02 Å². The van der Waals surface area contributed by atoms with Crippen molar-refractivity contribution in [3.8, 4) is 0 Å². The first-order valence-electron chi connectivity index (χ1n) is 9.96. The van der Waals surface area contributed by atoms with Crippen LogP contribution in [0.15, 0.2) is 24.5 Å². The van der Waals surface area contributed by atoms with Gasteiger partial charge in [0.15, 0.2) is 0 Å². The number of halogens is 2. The third-order valence-corrected chi connectivity index (χ3v) is 5.95. The lowest BCUT2D eigenvalue weighted by Gasteiger charge is -2.31. The predicted molar refractivity (Wildman–Crippen MR) is 114 cm³/mol. The van der Waals surface area contributed by atoms with Gasteiger partial charge in [-0.1, -0.05) is 11.6 Å². The second kappa shape index (κ2) is 9.44. The number of nitrogens with one attached hydrogen (secondary N) is 1. The minimum atomic E-state index is 0. The van der Waals surface area contributed by atoms with Gasteiger partial charge in [0.05, 0.1) is 10.7 Å². The van der Waals surface area contributed by atoms with E-state index in [1.165, 1.54) is 0 Å². The normalized spacial score (nSPS) is 24.0. The zero-order chi connectivity index (χ0) is 18.8. The molecule has 1 N–H and O–H groups in total. The second-order valence-electron chi connectivity index (χ2n) is 7.88. The number of hydrogen-bond acceptors (Lipinski definition) is 4. The topological polar surface area (TPSA) is 52.9 Å². The summed E-state index contributed by atoms with van der Waals surface area (Å²) in [5.41, 5.74) is 1.96. The molecule has 154 valence electrons. The first-order chi connectivity index (χ1) is 13.1. The van der Waals surface area contributed by atoms with Gasteiger partial charge in [0.2, 0.25) is 5.91 Å². The standard InChI is InChI=1S/C20H28ClN5O.ClH/c1-15-11-16(5-6-22-15)20(27)25-8-2-7-24(9-10-25)13-18-14-26-12-17(21)3-4-19(26)23-18;/h3-4,12,14-16,22H,2,5-11,13H2,1H3;1H/t15-,16-;/m0./s1. The first-order valence-corrected chi connectivity index (χ1v) is 10.3. The number of amides is 1. The third kappa shape index (κ3) is 4.98. The minimum Gasteiger partial charge on any atom is -0.341 e. The molecule has 1 amide bonds. The summed E-state index contributed by atoms with van der Waals surface area (Å²) in [7, 11) is 0. The molecule has 2 aromatic heterocycles. The van der Waals surface area contributed by atoms with Crippen LogP contribution < -0.4 is 5.32 Å². The fraction of sp³-hybridized carbons (Fsp3) is 0.600. The molecule has 2 aliphatic heterocycles. The molecule has 2 fully saturated rings. The van der Waals surface area contributed by atoms with Crippen molar-refractivity contribution in [1.29, 1.82) is 0 Å². The highest BCUT2D eigenvalue weighted by Crippen LogP contribution is 2.20. The molecule has 2 aliphatic rings. The van der Waals surface area contributed by atoms with Crippen molar-refractivity contribution < 1.29 is 4.79 Å². The summed E-state index contributed by atoms with van der Waals surface area (Å²) in [5.74, 6) is 0.545. The average Bonchev–Trinajstić information content (AvgIpc) is 2.89. The zero-order valence-corrected chi connectivity index (χ0v) is 17.9. The Labute approximate surface area is 177 Å². The summed E-state index contributed by atoms with van der Waals surface area (Å²) in [6, 6.07) is 4.25. The van der Waals surface area contributed by atoms with Gasteiger partial charge < -0.3 is 14.6 Å². The summed E-state index contributed by atoms with van der Waals surface area (Å²) in [4.78, 5) is 22.1. The van der Waals surface area contributed by atoms with E-state index in [0.29, 0.717) is 17.0 Å². The number of fused-ring (bicyclic) bond motifs is 1. The van der Waals surface area contributed by atoms with Crippen LogP contribution in [0, 0.1) is 5.92 Å². The number of nitrogens with zero attached hydrogens (tertiary/aromatic N) is 4. The van der Waals surface area contributed by atoms with E-state index in [1.54, 1.807) is 0 Å². The molecule has 2 atom stereocenters. The Balaban J connectivity index is 0.00000225. The molecule has 2 saturated heterocycles. The Bertz CT molecular complexity index is 811. The Kier molecular flexibility index (Phi) is 7.20. The maximum Gasteiger partial charge on any atom is 0.225 e. The van der Waals surface area contributed by atoms with Crippen LogP contribution in [-0.2, 0) is 11.3 Å². The van der Waals surface area contributed by atoms with E-state index in [2.05, 4.69) is 27.0 Å². The molecular weight excluding hydrogens is 397 g/mol. The lowest BCUT2D eigenvalue weighted by Crippen LogP contribution is -2.45. The Morgan fingerprint density at radius 2 is 2.11 bits per heavy atom. The number of piperidine rings is 1. The first kappa shape index (κ1) is 21.4. The van der Waals surface area contributed by atoms with Crippen LogP contribution in [0.4, 0.5) is 0 Å². The number of hydrogen-bond donors (Lipinski definition) is 1. The highest BCUT2D eigenvalue weighted by molar-refractivity contribution is 6.30. The van der Waals surface area contributed by atoms with Crippen LogP contribution in [0.1, 0.15) is 31.9 Å². The summed E-state index contributed by atoms with van der Waals surface area (Å²) < 4.78 is 1.98. The maximum atomic E-state index is 12.9. The van der Waals surface area contributed by atoms with E-state index in [-0.39, 0.29) is 18.3 Å². The van der Waals surface area contributed by atoms with E-state index >= 15 is 0 Å². The smallest absolute Gasteiger partial charge is 0.225 e. The largest absolute Gasteiger partial charge is 0.341 e. The van der Waals surface area contributed by atoms with E-state index in [4.69, 9.17) is 11.6 Å². The minimum absolute atomic E-state index is 0. The zero-order valence-electron chi connectivity index (χ0n) is 16.3. The number of carbonyl (C=O) groups excluding carboxylic acids is 1. The molecule has 0 bridgehead atoms. The van der Waals surface area contributed by atoms with Gasteiger partial charge in [-0.05, 0) is 44.9 Å². The van der Waals surface area contributed by atoms with Crippen molar-refractivity contribution in [3.05, 3.63) is 35.2 Å². The van der Waals surface area contributed by atoms with Gasteiger partial charge in [-0.15, -0.1) is 12.4 Å². The lowest BCUT2D eigenvalue weighted by atomic mass is 9.92. The fourth-order valence-electron chi connectivity index (χ4n) is 4.29. The van der Waals surface area contributed by atoms with E-state index < -0.39 is 0 Å². The number of rotatable bonds is 3. The Morgan fingerprint density at radius 3 is 2.93 bits per heavy atom. The molecule has 4 heterocycles. The molecule has 2 aromatic rings. The molecule has 28 heavy (non-hydrogen) atoms. The molecule has 6 nitrogen and oxygen atoms in total. The quantitative estimate of drug-likeness (QED) is 0.820. The van der Waals surface area contributed by atoms with Crippen LogP contribution in [0.3, 0.4) is 0 Å². The van der Waals surface area contributed by atoms with Gasteiger partial charge in [0, 0.05) is 57.1 Å². The average molecular weight is 426 g/mol. The van der Waals surface area contributed by atoms with Crippen LogP contribution in [-0.4, -0.2) is 63.9 Å². The number of imidazole rings is 1. The maximum absolute atomic E-state index is 12.9. The fourth-order valence-corrected chi connectivity index (χ4v) is 4.45. The van der Waals surface area contributed by atoms with Crippen LogP contribution in [0.5, 0.6) is 0 Å². The van der Waals surface area contributed by atoms with Crippen molar-refractivity contribution in [3.63, 3.8) is 0 Å². The second-order valence-corrected chi connectivity index (χ2v) is 8.31. The Morgan fingerprint density at radius 1 is 1.25 bits per heavy atom. The number of pyridine rings is 1. The van der Waals surface area contributed by atoms with Gasteiger partial charge in [0.25, 0.3) is 0 Å². The lowest BCUT2D eigenvalue weighted by molar-refractivity contribution is -0.136. The van der Waals surface area contributed by atoms with Crippen molar-refractivity contribution in [2.24, 2.45) is 5.92 Å². The van der Waals surface area contributed by atoms with Crippen molar-refractivity contribution in [2.45, 2.75) is 38.8 Å². The Hall–Kier alpha value is -1.34. The van der Waals surface area contributed by atoms with E-state index in [0.717, 1.165) is 69.9 Å². The van der Waals surface area contributed by atoms with Gasteiger partial charge in [0.1, 0.15) is 5.65 Å². The third-order valence-electron chi connectivity index (χ3n) is 5.72. The van der Waals surface area contributed by atoms with Gasteiger partial charge in [-0.3, -0.25) is 9.69 Å². The van der Waals surface area contributed by atoms with E-state index in [9.17, 15) is 4.79 Å². The number of aromatic nitrogens is 2. The monoisotopic (exact) mass is 425 g/mol. The summed E-state index contributed by atoms with van der Waals surface area (Å²) in [6.45, 7) is 7.53. The van der Waals surface area contributed by atoms with Crippen molar-refractivity contribution in [1.82, 2.24) is 24.5 Å². The molecule has 4 rings (SSSR count). The molecule has 0 aromatic carbocycles. The van der Waals surface area contributed by atoms with Gasteiger partial charge in [-0.2, -0.15) is 0 Å². The highest BCUT2D eigenvalue weighted by atomic mass is 35.5. The van der Waals surface area contributed by atoms with Crippen LogP contribution >= 0.6 is 24.0 Å².